The molecular formula is C31H32F2N6O5S. The number of aromatic amines is 1. The number of hydrogen-bond donors (Lipinski definition) is 2. The summed E-state index contributed by atoms with van der Waals surface area (Å²) in [6.07, 6.45) is 4.10. The Morgan fingerprint density at radius 2 is 1.76 bits per heavy atom. The van der Waals surface area contributed by atoms with Crippen molar-refractivity contribution in [1.29, 1.82) is 0 Å². The summed E-state index contributed by atoms with van der Waals surface area (Å²) < 4.78 is 55.3. The lowest BCUT2D eigenvalue weighted by molar-refractivity contribution is -0.120. The van der Waals surface area contributed by atoms with Crippen molar-refractivity contribution < 1.29 is 26.8 Å². The van der Waals surface area contributed by atoms with E-state index in [4.69, 9.17) is 0 Å². The summed E-state index contributed by atoms with van der Waals surface area (Å²) in [6.45, 7) is 0.639. The molecule has 2 aromatic carbocycles. The molecule has 0 saturated carbocycles. The molecule has 2 aliphatic heterocycles. The van der Waals surface area contributed by atoms with Crippen molar-refractivity contribution >= 4 is 38.6 Å². The van der Waals surface area contributed by atoms with Gasteiger partial charge in [-0.1, -0.05) is 18.2 Å². The number of piperidine rings is 1. The Morgan fingerprint density at radius 3 is 2.51 bits per heavy atom. The van der Waals surface area contributed by atoms with Gasteiger partial charge in [-0.2, -0.15) is 0 Å². The van der Waals surface area contributed by atoms with Gasteiger partial charge in [0, 0.05) is 49.7 Å². The Hall–Kier alpha value is -4.59. The second-order valence-corrected chi connectivity index (χ2v) is 13.5. The quantitative estimate of drug-likeness (QED) is 0.342. The van der Waals surface area contributed by atoms with E-state index in [0.717, 1.165) is 12.3 Å². The van der Waals surface area contributed by atoms with Crippen molar-refractivity contribution in [3.8, 4) is 0 Å². The normalized spacial score (nSPS) is 19.9. The van der Waals surface area contributed by atoms with Gasteiger partial charge in [-0.3, -0.25) is 14.3 Å². The number of aromatic nitrogens is 3. The lowest BCUT2D eigenvalue weighted by Gasteiger charge is -2.34. The molecule has 0 bridgehead atoms. The van der Waals surface area contributed by atoms with Gasteiger partial charge in [-0.05, 0) is 67.6 Å². The third kappa shape index (κ3) is 6.06. The number of sulfone groups is 1. The van der Waals surface area contributed by atoms with Crippen LogP contribution in [-0.2, 0) is 14.6 Å². The molecule has 0 unspecified atom stereocenters. The zero-order valence-corrected chi connectivity index (χ0v) is 25.3. The van der Waals surface area contributed by atoms with Crippen LogP contribution in [0.5, 0.6) is 0 Å². The number of carbonyl (C=O) groups excluding carboxylic acids is 2. The summed E-state index contributed by atoms with van der Waals surface area (Å²) in [5.41, 5.74) is 1.30. The van der Waals surface area contributed by atoms with Crippen LogP contribution in [0.4, 0.5) is 19.3 Å². The highest BCUT2D eigenvalue weighted by Gasteiger charge is 2.36. The maximum Gasteiger partial charge on any atom is 0.327 e. The summed E-state index contributed by atoms with van der Waals surface area (Å²) in [7, 11) is -3.60. The van der Waals surface area contributed by atoms with Gasteiger partial charge in [0.05, 0.1) is 10.4 Å². The van der Waals surface area contributed by atoms with Crippen LogP contribution in [0.3, 0.4) is 0 Å². The number of anilines is 1. The Labute approximate surface area is 257 Å². The molecule has 0 spiro atoms. The number of fused-ring (bicyclic) bond motifs is 1. The fraction of sp³-hybridized carbons (Fsp3) is 0.355. The molecule has 2 atom stereocenters. The van der Waals surface area contributed by atoms with E-state index in [1.54, 1.807) is 27.8 Å². The Balaban J connectivity index is 1.22. The first-order chi connectivity index (χ1) is 21.5. The van der Waals surface area contributed by atoms with Crippen LogP contribution in [0.25, 0.3) is 11.2 Å². The standard InChI is InChI=1S/C31H32F2N6O5S/c1-45(43,44)22-6-2-5-21(17-22)38-18-19(23-7-3-8-24(32)27(23)33)10-11-25(29(38)40)35-30(41)37-15-12-20(13-16-37)39-26-9-4-14-34-28(26)36-31(39)42/h2-9,14,17,19-20,25H,10-13,15-16,18H2,1H3,(H,35,41)(H,34,36,42)/t19-,25-/m1/s1. The number of carbonyl (C=O) groups is 2. The second-order valence-electron chi connectivity index (χ2n) is 11.5. The first-order valence-corrected chi connectivity index (χ1v) is 16.6. The number of imidazole rings is 1. The van der Waals surface area contributed by atoms with Gasteiger partial charge in [-0.25, -0.2) is 31.8 Å². The zero-order chi connectivity index (χ0) is 31.9. The Bertz CT molecular complexity index is 1940. The molecule has 45 heavy (non-hydrogen) atoms. The number of pyridine rings is 1. The monoisotopic (exact) mass is 638 g/mol. The van der Waals surface area contributed by atoms with Gasteiger partial charge < -0.3 is 15.1 Å². The third-order valence-corrected chi connectivity index (χ3v) is 9.76. The number of rotatable bonds is 5. The van der Waals surface area contributed by atoms with E-state index < -0.39 is 45.4 Å². The number of nitrogens with one attached hydrogen (secondary N) is 2. The van der Waals surface area contributed by atoms with Crippen molar-refractivity contribution in [3.63, 3.8) is 0 Å². The van der Waals surface area contributed by atoms with Gasteiger partial charge in [0.15, 0.2) is 27.1 Å². The number of benzene rings is 2. The van der Waals surface area contributed by atoms with E-state index in [1.165, 1.54) is 35.2 Å². The van der Waals surface area contributed by atoms with E-state index in [9.17, 15) is 31.6 Å². The fourth-order valence-electron chi connectivity index (χ4n) is 6.31. The minimum absolute atomic E-state index is 0.000853. The molecule has 2 aliphatic rings. The number of urea groups is 1. The molecule has 4 heterocycles. The number of H-pyrrole nitrogens is 1. The van der Waals surface area contributed by atoms with Gasteiger partial charge in [0.25, 0.3) is 0 Å². The predicted octanol–water partition coefficient (Wildman–Crippen LogP) is 3.73. The van der Waals surface area contributed by atoms with Gasteiger partial charge >= 0.3 is 11.7 Å². The Kier molecular flexibility index (Phi) is 8.16. The number of halogens is 2. The molecule has 6 rings (SSSR count). The van der Waals surface area contributed by atoms with Crippen molar-refractivity contribution in [2.75, 3.05) is 30.8 Å². The molecule has 2 aromatic heterocycles. The molecule has 2 fully saturated rings. The minimum atomic E-state index is -3.60. The summed E-state index contributed by atoms with van der Waals surface area (Å²) in [5.74, 6) is -3.11. The number of hydrogen-bond acceptors (Lipinski definition) is 6. The molecule has 11 nitrogen and oxygen atoms in total. The second kappa shape index (κ2) is 12.1. The molecule has 14 heteroatoms. The summed E-state index contributed by atoms with van der Waals surface area (Å²) in [5, 5.41) is 2.84. The lowest BCUT2D eigenvalue weighted by Crippen LogP contribution is -2.53. The largest absolute Gasteiger partial charge is 0.327 e. The van der Waals surface area contributed by atoms with E-state index in [1.807, 2.05) is 6.07 Å². The van der Waals surface area contributed by atoms with E-state index in [2.05, 4.69) is 15.3 Å². The van der Waals surface area contributed by atoms with Crippen molar-refractivity contribution in [2.24, 2.45) is 0 Å². The zero-order valence-electron chi connectivity index (χ0n) is 24.4. The summed E-state index contributed by atoms with van der Waals surface area (Å²) in [6, 6.07) is 11.7. The van der Waals surface area contributed by atoms with E-state index in [0.29, 0.717) is 37.1 Å². The molecule has 2 N–H and O–H groups in total. The van der Waals surface area contributed by atoms with Crippen LogP contribution in [0, 0.1) is 11.6 Å². The van der Waals surface area contributed by atoms with Crippen molar-refractivity contribution in [1.82, 2.24) is 24.8 Å². The maximum absolute atomic E-state index is 14.9. The molecule has 3 amide bonds. The van der Waals surface area contributed by atoms with Crippen LogP contribution in [0.2, 0.25) is 0 Å². The molecule has 236 valence electrons. The molecule has 0 aliphatic carbocycles. The average Bonchev–Trinajstić information content (AvgIpc) is 3.28. The fourth-order valence-corrected chi connectivity index (χ4v) is 6.97. The topological polar surface area (TPSA) is 137 Å². The van der Waals surface area contributed by atoms with Gasteiger partial charge in [-0.15, -0.1) is 0 Å². The first kappa shape index (κ1) is 30.4. The van der Waals surface area contributed by atoms with Gasteiger partial charge in [0.2, 0.25) is 5.91 Å². The lowest BCUT2D eigenvalue weighted by atomic mass is 9.93. The summed E-state index contributed by atoms with van der Waals surface area (Å²) >= 11 is 0. The van der Waals surface area contributed by atoms with E-state index in [-0.39, 0.29) is 47.3 Å². The molecule has 2 saturated heterocycles. The predicted molar refractivity (Wildman–Crippen MR) is 163 cm³/mol. The highest BCUT2D eigenvalue weighted by molar-refractivity contribution is 7.90. The highest BCUT2D eigenvalue weighted by Crippen LogP contribution is 2.33. The van der Waals surface area contributed by atoms with E-state index >= 15 is 0 Å². The smallest absolute Gasteiger partial charge is 0.326 e. The van der Waals surface area contributed by atoms with Crippen LogP contribution in [0.15, 0.2) is 70.5 Å². The van der Waals surface area contributed by atoms with Gasteiger partial charge in [0.1, 0.15) is 6.04 Å². The molecular weight excluding hydrogens is 606 g/mol. The van der Waals surface area contributed by atoms with Crippen LogP contribution in [-0.4, -0.2) is 71.7 Å². The SMILES string of the molecule is CS(=O)(=O)c1cccc(N2C[C@H](c3cccc(F)c3F)CC[C@@H](NC(=O)N3CCC(n4c(=O)[nH]c5ncccc54)CC3)C2=O)c1. The number of likely N-dealkylation sites (tertiary alicyclic amines) is 1. The Morgan fingerprint density at radius 1 is 1.00 bits per heavy atom. The maximum atomic E-state index is 14.9. The number of nitrogens with zero attached hydrogens (tertiary/aromatic N) is 4. The molecule has 0 radical (unpaired) electrons. The third-order valence-electron chi connectivity index (χ3n) is 8.65. The minimum Gasteiger partial charge on any atom is -0.326 e. The highest BCUT2D eigenvalue weighted by atomic mass is 32.2. The summed E-state index contributed by atoms with van der Waals surface area (Å²) in [4.78, 5) is 49.9. The first-order valence-electron chi connectivity index (χ1n) is 14.7. The van der Waals surface area contributed by atoms with Crippen LogP contribution >= 0.6 is 0 Å². The number of amides is 3. The average molecular weight is 639 g/mol. The van der Waals surface area contributed by atoms with Crippen molar-refractivity contribution in [3.05, 3.63) is 88.5 Å². The van der Waals surface area contributed by atoms with Crippen LogP contribution < -0.4 is 15.9 Å². The van der Waals surface area contributed by atoms with Crippen molar-refractivity contribution in [2.45, 2.75) is 48.6 Å². The van der Waals surface area contributed by atoms with Crippen LogP contribution in [0.1, 0.15) is 43.2 Å². The molecule has 4 aromatic rings.